The molecule has 0 aliphatic carbocycles. The molecule has 3 rings (SSSR count). The molecule has 0 bridgehead atoms. The first-order valence-electron chi connectivity index (χ1n) is 11.3. The summed E-state index contributed by atoms with van der Waals surface area (Å²) in [6.07, 6.45) is 4.21. The van der Waals surface area contributed by atoms with Gasteiger partial charge in [0.1, 0.15) is 32.2 Å². The third-order valence-corrected chi connectivity index (χ3v) is 4.84. The van der Waals surface area contributed by atoms with Crippen molar-refractivity contribution in [1.29, 1.82) is 0 Å². The number of benzene rings is 2. The molecule has 37 heavy (non-hydrogen) atoms. The summed E-state index contributed by atoms with van der Waals surface area (Å²) in [6.45, 7) is 3.64. The number of carbonyl (C=O) groups is 2. The van der Waals surface area contributed by atoms with E-state index in [-0.39, 0.29) is 39.5 Å². The number of ether oxygens (including phenoxy) is 5. The van der Waals surface area contributed by atoms with Crippen LogP contribution in [0, 0.1) is 11.6 Å². The van der Waals surface area contributed by atoms with Crippen molar-refractivity contribution < 1.29 is 46.5 Å². The molecule has 0 saturated heterocycles. The third kappa shape index (κ3) is 9.08. The van der Waals surface area contributed by atoms with Crippen LogP contribution in [0.2, 0.25) is 0 Å². The number of hydrogen-bond donors (Lipinski definition) is 0. The van der Waals surface area contributed by atoms with Gasteiger partial charge in [-0.15, -0.1) is 0 Å². The Morgan fingerprint density at radius 1 is 0.865 bits per heavy atom. The van der Waals surface area contributed by atoms with E-state index in [1.807, 2.05) is 0 Å². The molecule has 0 N–H and O–H groups in total. The van der Waals surface area contributed by atoms with Crippen molar-refractivity contribution in [2.45, 2.75) is 13.0 Å². The highest BCUT2D eigenvalue weighted by Crippen LogP contribution is 2.30. The molecule has 0 unspecified atom stereocenters. The lowest BCUT2D eigenvalue weighted by Crippen LogP contribution is -2.13. The summed E-state index contributed by atoms with van der Waals surface area (Å²) in [4.78, 5) is 22.7. The van der Waals surface area contributed by atoms with Crippen molar-refractivity contribution in [2.75, 3.05) is 33.0 Å². The van der Waals surface area contributed by atoms with Gasteiger partial charge in [0.05, 0.1) is 32.2 Å². The maximum Gasteiger partial charge on any atom is 0.330 e. The maximum absolute atomic E-state index is 14.4. The Kier molecular flexibility index (Phi) is 10.7. The molecule has 0 spiro atoms. The Morgan fingerprint density at radius 3 is 2.24 bits per heavy atom. The highest BCUT2D eigenvalue weighted by Gasteiger charge is 2.14. The van der Waals surface area contributed by atoms with Gasteiger partial charge in [-0.2, -0.15) is 0 Å². The Labute approximate surface area is 212 Å². The van der Waals surface area contributed by atoms with Gasteiger partial charge < -0.3 is 28.1 Å². The minimum absolute atomic E-state index is 0.0625. The van der Waals surface area contributed by atoms with E-state index < -0.39 is 29.3 Å². The summed E-state index contributed by atoms with van der Waals surface area (Å²) >= 11 is 0. The second kappa shape index (κ2) is 14.4. The smallest absolute Gasteiger partial charge is 0.330 e. The Bertz CT molecular complexity index is 1140. The summed E-state index contributed by atoms with van der Waals surface area (Å²) in [5.74, 6) is -2.90. The topological polar surface area (TPSA) is 93.4 Å². The normalized spacial score (nSPS) is 10.5. The van der Waals surface area contributed by atoms with Crippen LogP contribution in [-0.4, -0.2) is 45.0 Å². The van der Waals surface area contributed by atoms with Gasteiger partial charge >= 0.3 is 11.9 Å². The van der Waals surface area contributed by atoms with Crippen LogP contribution in [0.1, 0.15) is 12.0 Å². The van der Waals surface area contributed by atoms with E-state index in [0.29, 0.717) is 23.5 Å². The van der Waals surface area contributed by atoms with Crippen LogP contribution in [0.5, 0.6) is 11.5 Å². The zero-order valence-electron chi connectivity index (χ0n) is 20.0. The Balaban J connectivity index is 1.38. The minimum atomic E-state index is -0.890. The zero-order valence-corrected chi connectivity index (χ0v) is 20.0. The summed E-state index contributed by atoms with van der Waals surface area (Å²) in [7, 11) is 0. The molecule has 0 aliphatic heterocycles. The van der Waals surface area contributed by atoms with E-state index in [4.69, 9.17) is 28.1 Å². The predicted octanol–water partition coefficient (Wildman–Crippen LogP) is 4.86. The minimum Gasteiger partial charge on any atom is -0.490 e. The predicted molar refractivity (Wildman–Crippen MR) is 128 cm³/mol. The van der Waals surface area contributed by atoms with E-state index in [2.05, 4.69) is 6.58 Å². The molecule has 0 atom stereocenters. The third-order valence-electron chi connectivity index (χ3n) is 4.84. The van der Waals surface area contributed by atoms with Crippen LogP contribution >= 0.6 is 0 Å². The fourth-order valence-corrected chi connectivity index (χ4v) is 3.06. The van der Waals surface area contributed by atoms with Crippen molar-refractivity contribution in [3.63, 3.8) is 0 Å². The van der Waals surface area contributed by atoms with Gasteiger partial charge in [-0.1, -0.05) is 18.7 Å². The lowest BCUT2D eigenvalue weighted by Gasteiger charge is -2.11. The Morgan fingerprint density at radius 2 is 1.57 bits per heavy atom. The maximum atomic E-state index is 14.4. The van der Waals surface area contributed by atoms with E-state index in [1.54, 1.807) is 42.9 Å². The van der Waals surface area contributed by atoms with Crippen molar-refractivity contribution >= 4 is 11.9 Å². The highest BCUT2D eigenvalue weighted by molar-refractivity contribution is 5.81. The first-order valence-corrected chi connectivity index (χ1v) is 11.3. The van der Waals surface area contributed by atoms with E-state index in [0.717, 1.165) is 23.8 Å². The lowest BCUT2D eigenvalue weighted by atomic mass is 10.0. The quantitative estimate of drug-likeness (QED) is 0.161. The van der Waals surface area contributed by atoms with E-state index >= 15 is 0 Å². The van der Waals surface area contributed by atoms with Crippen LogP contribution in [-0.2, 0) is 30.4 Å². The number of esters is 2. The largest absolute Gasteiger partial charge is 0.490 e. The number of halogens is 2. The summed E-state index contributed by atoms with van der Waals surface area (Å²) < 4.78 is 59.5. The van der Waals surface area contributed by atoms with E-state index in [1.165, 1.54) is 0 Å². The monoisotopic (exact) mass is 516 g/mol. The summed E-state index contributed by atoms with van der Waals surface area (Å²) in [6, 6.07) is 10.6. The molecule has 0 fully saturated rings. The van der Waals surface area contributed by atoms with Gasteiger partial charge in [-0.25, -0.2) is 13.6 Å². The highest BCUT2D eigenvalue weighted by atomic mass is 19.1. The number of rotatable bonds is 15. The van der Waals surface area contributed by atoms with Crippen molar-refractivity contribution in [3.8, 4) is 22.6 Å². The first-order chi connectivity index (χ1) is 18.0. The average Bonchev–Trinajstić information content (AvgIpc) is 3.42. The SMILES string of the molecule is C=CC(=O)OCCOc1c(F)cc(-c2ccc(OCCOC(=O)CCOCc3ccoc3)cc2)cc1F. The lowest BCUT2D eigenvalue weighted by molar-refractivity contribution is -0.145. The van der Waals surface area contributed by atoms with Gasteiger partial charge in [-0.3, -0.25) is 4.79 Å². The molecule has 0 radical (unpaired) electrons. The fraction of sp³-hybridized carbons (Fsp3) is 0.259. The van der Waals surface area contributed by atoms with Crippen LogP contribution in [0.15, 0.2) is 72.1 Å². The molecule has 0 saturated carbocycles. The van der Waals surface area contributed by atoms with Gasteiger partial charge in [0, 0.05) is 11.6 Å². The van der Waals surface area contributed by atoms with Crippen molar-refractivity contribution in [1.82, 2.24) is 0 Å². The summed E-state index contributed by atoms with van der Waals surface area (Å²) in [5.41, 5.74) is 1.74. The van der Waals surface area contributed by atoms with Crippen molar-refractivity contribution in [3.05, 3.63) is 84.8 Å². The molecule has 1 aromatic heterocycles. The molecule has 2 aromatic carbocycles. The van der Waals surface area contributed by atoms with Gasteiger partial charge in [0.15, 0.2) is 17.4 Å². The molecular weight excluding hydrogens is 490 g/mol. The second-order valence-corrected chi connectivity index (χ2v) is 7.52. The molecule has 0 amide bonds. The fourth-order valence-electron chi connectivity index (χ4n) is 3.06. The van der Waals surface area contributed by atoms with Gasteiger partial charge in [0.2, 0.25) is 0 Å². The second-order valence-electron chi connectivity index (χ2n) is 7.52. The van der Waals surface area contributed by atoms with Gasteiger partial charge in [-0.05, 0) is 41.5 Å². The molecule has 0 aliphatic rings. The molecule has 3 aromatic rings. The zero-order chi connectivity index (χ0) is 26.5. The molecule has 10 heteroatoms. The number of carbonyl (C=O) groups excluding carboxylic acids is 2. The number of hydrogen-bond acceptors (Lipinski definition) is 8. The summed E-state index contributed by atoms with van der Waals surface area (Å²) in [5, 5.41) is 0. The van der Waals surface area contributed by atoms with Crippen LogP contribution < -0.4 is 9.47 Å². The van der Waals surface area contributed by atoms with E-state index in [9.17, 15) is 18.4 Å². The van der Waals surface area contributed by atoms with Crippen LogP contribution in [0.3, 0.4) is 0 Å². The number of furan rings is 1. The average molecular weight is 516 g/mol. The standard InChI is InChI=1S/C27H26F2O8/c1-2-25(30)35-13-14-37-27-23(28)15-21(16-24(27)29)20-3-5-22(6-4-20)34-11-12-36-26(31)8-10-33-18-19-7-9-32-17-19/h2-7,9,15-17H,1,8,10-14,18H2. The molecular formula is C27H26F2O8. The van der Waals surface area contributed by atoms with Crippen molar-refractivity contribution in [2.24, 2.45) is 0 Å². The van der Waals surface area contributed by atoms with Crippen LogP contribution in [0.25, 0.3) is 11.1 Å². The first kappa shape index (κ1) is 27.4. The Hall–Kier alpha value is -4.18. The molecule has 8 nitrogen and oxygen atoms in total. The van der Waals surface area contributed by atoms with Gasteiger partial charge in [0.25, 0.3) is 0 Å². The van der Waals surface area contributed by atoms with Crippen LogP contribution in [0.4, 0.5) is 8.78 Å². The molecule has 196 valence electrons. The molecule has 1 heterocycles.